The van der Waals surface area contributed by atoms with Crippen molar-refractivity contribution in [2.75, 3.05) is 0 Å². The van der Waals surface area contributed by atoms with Gasteiger partial charge in [-0.15, -0.1) is 0 Å². The van der Waals surface area contributed by atoms with E-state index in [0.717, 1.165) is 27.8 Å². The van der Waals surface area contributed by atoms with Gasteiger partial charge < -0.3 is 4.74 Å². The van der Waals surface area contributed by atoms with E-state index in [0.29, 0.717) is 28.0 Å². The number of rotatable bonds is 7. The van der Waals surface area contributed by atoms with Gasteiger partial charge >= 0.3 is 0 Å². The van der Waals surface area contributed by atoms with Gasteiger partial charge in [-0.25, -0.2) is 0 Å². The number of benzene rings is 3. The first-order valence-electron chi connectivity index (χ1n) is 9.95. The first-order chi connectivity index (χ1) is 16.3. The summed E-state index contributed by atoms with van der Waals surface area (Å²) in [6.07, 6.45) is 1.63. The Bertz CT molecular complexity index is 1310. The van der Waals surface area contributed by atoms with Gasteiger partial charge in [0.25, 0.3) is 16.8 Å². The van der Waals surface area contributed by atoms with Crippen molar-refractivity contribution < 1.29 is 19.2 Å². The lowest BCUT2D eigenvalue weighted by Gasteiger charge is -2.12. The number of imide groups is 1. The predicted octanol–water partition coefficient (Wildman–Crippen LogP) is 6.72. The van der Waals surface area contributed by atoms with E-state index in [1.165, 1.54) is 18.2 Å². The van der Waals surface area contributed by atoms with E-state index < -0.39 is 16.1 Å². The average Bonchev–Trinajstić information content (AvgIpc) is 3.08. The van der Waals surface area contributed by atoms with E-state index in [9.17, 15) is 19.7 Å². The molecule has 2 amide bonds. The molecule has 0 spiro atoms. The number of carbonyl (C=O) groups is 2. The van der Waals surface area contributed by atoms with Crippen LogP contribution in [0.15, 0.2) is 71.6 Å². The maximum atomic E-state index is 12.8. The molecule has 0 radical (unpaired) electrons. The number of nitrogens with zero attached hydrogens (tertiary/aromatic N) is 2. The predicted molar refractivity (Wildman–Crippen MR) is 132 cm³/mol. The number of ether oxygens (including phenoxy) is 1. The number of nitro groups is 1. The smallest absolute Gasteiger partial charge is 0.293 e. The van der Waals surface area contributed by atoms with Crippen LogP contribution in [0.25, 0.3) is 6.08 Å². The van der Waals surface area contributed by atoms with Gasteiger partial charge in [-0.3, -0.25) is 24.6 Å². The summed E-state index contributed by atoms with van der Waals surface area (Å²) >= 11 is 12.8. The molecule has 1 saturated heterocycles. The Hall–Kier alpha value is -3.33. The van der Waals surface area contributed by atoms with Gasteiger partial charge in [0, 0.05) is 12.1 Å². The van der Waals surface area contributed by atoms with Gasteiger partial charge in [-0.1, -0.05) is 53.5 Å². The third kappa shape index (κ3) is 5.59. The molecular formula is C24H16Cl2N2O5S. The second kappa shape index (κ2) is 10.3. The van der Waals surface area contributed by atoms with Crippen molar-refractivity contribution in [2.24, 2.45) is 0 Å². The van der Waals surface area contributed by atoms with Crippen molar-refractivity contribution in [2.45, 2.75) is 13.2 Å². The lowest BCUT2D eigenvalue weighted by Crippen LogP contribution is -2.27. The summed E-state index contributed by atoms with van der Waals surface area (Å²) in [7, 11) is 0. The Kier molecular flexibility index (Phi) is 7.21. The van der Waals surface area contributed by atoms with Crippen LogP contribution in [-0.4, -0.2) is 21.0 Å². The molecule has 1 heterocycles. The fourth-order valence-electron chi connectivity index (χ4n) is 3.19. The fourth-order valence-corrected chi connectivity index (χ4v) is 4.35. The molecule has 3 aromatic rings. The summed E-state index contributed by atoms with van der Waals surface area (Å²) < 4.78 is 5.76. The van der Waals surface area contributed by atoms with Crippen LogP contribution >= 0.6 is 35.0 Å². The van der Waals surface area contributed by atoms with Crippen molar-refractivity contribution in [1.82, 2.24) is 4.90 Å². The van der Waals surface area contributed by atoms with E-state index in [2.05, 4.69) is 0 Å². The van der Waals surface area contributed by atoms with Crippen LogP contribution in [0.5, 0.6) is 5.75 Å². The highest BCUT2D eigenvalue weighted by Crippen LogP contribution is 2.34. The third-order valence-corrected chi connectivity index (χ3v) is 6.55. The molecule has 0 N–H and O–H groups in total. The Labute approximate surface area is 209 Å². The summed E-state index contributed by atoms with van der Waals surface area (Å²) in [5, 5.41) is 11.5. The van der Waals surface area contributed by atoms with Crippen LogP contribution in [0.3, 0.4) is 0 Å². The van der Waals surface area contributed by atoms with Crippen molar-refractivity contribution in [3.05, 3.63) is 108 Å². The number of non-ortho nitro benzene ring substituents is 1. The van der Waals surface area contributed by atoms with Crippen molar-refractivity contribution >= 4 is 57.9 Å². The molecule has 1 aliphatic rings. The Balaban J connectivity index is 1.41. The van der Waals surface area contributed by atoms with Crippen molar-refractivity contribution in [1.29, 1.82) is 0 Å². The molecule has 0 unspecified atom stereocenters. The monoisotopic (exact) mass is 514 g/mol. The summed E-state index contributed by atoms with van der Waals surface area (Å²) in [6, 6.07) is 18.2. The highest BCUT2D eigenvalue weighted by molar-refractivity contribution is 8.18. The Morgan fingerprint density at radius 3 is 2.44 bits per heavy atom. The molecule has 0 aliphatic carbocycles. The van der Waals surface area contributed by atoms with Crippen LogP contribution in [0, 0.1) is 10.1 Å². The molecule has 7 nitrogen and oxygen atoms in total. The quantitative estimate of drug-likeness (QED) is 0.197. The van der Waals surface area contributed by atoms with Gasteiger partial charge in [0.15, 0.2) is 0 Å². The summed E-state index contributed by atoms with van der Waals surface area (Å²) in [4.78, 5) is 36.9. The van der Waals surface area contributed by atoms with E-state index in [1.54, 1.807) is 48.5 Å². The van der Waals surface area contributed by atoms with Gasteiger partial charge in [0.1, 0.15) is 12.4 Å². The van der Waals surface area contributed by atoms with Crippen LogP contribution < -0.4 is 4.74 Å². The molecule has 0 bridgehead atoms. The lowest BCUT2D eigenvalue weighted by atomic mass is 10.2. The van der Waals surface area contributed by atoms with Gasteiger partial charge in [0.2, 0.25) is 0 Å². The summed E-state index contributed by atoms with van der Waals surface area (Å²) in [5.41, 5.74) is 2.00. The zero-order chi connectivity index (χ0) is 24.2. The second-order valence-electron chi connectivity index (χ2n) is 7.30. The van der Waals surface area contributed by atoms with Gasteiger partial charge in [0.05, 0.1) is 26.4 Å². The van der Waals surface area contributed by atoms with Crippen molar-refractivity contribution in [3.8, 4) is 5.75 Å². The average molecular weight is 515 g/mol. The molecule has 3 aromatic carbocycles. The number of nitro benzene ring substituents is 1. The SMILES string of the molecule is O=C1S/C(=C/c2ccc(OCc3ccc(Cl)c(Cl)c3)cc2)C(=O)N1Cc1cccc([N+](=O)[O-])c1. The highest BCUT2D eigenvalue weighted by atomic mass is 35.5. The third-order valence-electron chi connectivity index (χ3n) is 4.90. The number of thioether (sulfide) groups is 1. The molecular weight excluding hydrogens is 499 g/mol. The molecule has 1 fully saturated rings. The van der Waals surface area contributed by atoms with Crippen LogP contribution in [0.4, 0.5) is 10.5 Å². The van der Waals surface area contributed by atoms with Crippen LogP contribution in [0.1, 0.15) is 16.7 Å². The minimum absolute atomic E-state index is 0.0365. The summed E-state index contributed by atoms with van der Waals surface area (Å²) in [5.74, 6) is 0.184. The number of hydrogen-bond donors (Lipinski definition) is 0. The van der Waals surface area contributed by atoms with E-state index >= 15 is 0 Å². The van der Waals surface area contributed by atoms with Gasteiger partial charge in [-0.2, -0.15) is 0 Å². The minimum atomic E-state index is -0.519. The van der Waals surface area contributed by atoms with E-state index in [4.69, 9.17) is 27.9 Å². The van der Waals surface area contributed by atoms with Crippen LogP contribution in [-0.2, 0) is 17.9 Å². The van der Waals surface area contributed by atoms with E-state index in [1.807, 2.05) is 6.07 Å². The molecule has 0 atom stereocenters. The fraction of sp³-hybridized carbons (Fsp3) is 0.0833. The normalized spacial score (nSPS) is 14.6. The Morgan fingerprint density at radius 2 is 1.74 bits per heavy atom. The lowest BCUT2D eigenvalue weighted by molar-refractivity contribution is -0.384. The largest absolute Gasteiger partial charge is 0.489 e. The number of amides is 2. The maximum absolute atomic E-state index is 12.8. The molecule has 10 heteroatoms. The topological polar surface area (TPSA) is 89.8 Å². The number of carbonyl (C=O) groups excluding carboxylic acids is 2. The molecule has 4 rings (SSSR count). The number of hydrogen-bond acceptors (Lipinski definition) is 6. The first-order valence-corrected chi connectivity index (χ1v) is 11.5. The van der Waals surface area contributed by atoms with Crippen LogP contribution in [0.2, 0.25) is 10.0 Å². The molecule has 1 aliphatic heterocycles. The molecule has 172 valence electrons. The Morgan fingerprint density at radius 1 is 0.971 bits per heavy atom. The summed E-state index contributed by atoms with van der Waals surface area (Å²) in [6.45, 7) is 0.276. The minimum Gasteiger partial charge on any atom is -0.489 e. The zero-order valence-electron chi connectivity index (χ0n) is 17.4. The second-order valence-corrected chi connectivity index (χ2v) is 9.11. The van der Waals surface area contributed by atoms with Crippen molar-refractivity contribution in [3.63, 3.8) is 0 Å². The number of halogens is 2. The molecule has 0 aromatic heterocycles. The molecule has 0 saturated carbocycles. The zero-order valence-corrected chi connectivity index (χ0v) is 19.8. The molecule has 34 heavy (non-hydrogen) atoms. The van der Waals surface area contributed by atoms with E-state index in [-0.39, 0.29) is 17.1 Å². The van der Waals surface area contributed by atoms with Gasteiger partial charge in [-0.05, 0) is 58.8 Å². The highest BCUT2D eigenvalue weighted by Gasteiger charge is 2.35. The standard InChI is InChI=1S/C24H16Cl2N2O5S/c25-20-9-6-17(11-21(20)26)14-33-19-7-4-15(5-8-19)12-22-23(29)27(24(30)34-22)13-16-2-1-3-18(10-16)28(31)32/h1-12H,13-14H2/b22-12+. The maximum Gasteiger partial charge on any atom is 0.293 e. The first kappa shape index (κ1) is 23.8.